The maximum atomic E-state index is 12.3. The number of aryl methyl sites for hydroxylation is 3. The van der Waals surface area contributed by atoms with Gasteiger partial charge < -0.3 is 15.2 Å². The zero-order valence-corrected chi connectivity index (χ0v) is 23.5. The van der Waals surface area contributed by atoms with Crippen LogP contribution < -0.4 is 20.0 Å². The van der Waals surface area contributed by atoms with Crippen LogP contribution in [0, 0.1) is 20.8 Å². The number of aromatic nitrogens is 1. The summed E-state index contributed by atoms with van der Waals surface area (Å²) >= 11 is 1.50. The third-order valence-electron chi connectivity index (χ3n) is 5.83. The van der Waals surface area contributed by atoms with Gasteiger partial charge in [0.05, 0.1) is 24.7 Å². The van der Waals surface area contributed by atoms with E-state index in [1.807, 2.05) is 50.4 Å². The summed E-state index contributed by atoms with van der Waals surface area (Å²) in [6, 6.07) is 16.3. The van der Waals surface area contributed by atoms with E-state index in [2.05, 4.69) is 29.5 Å². The summed E-state index contributed by atoms with van der Waals surface area (Å²) in [5.41, 5.74) is 12.2. The highest BCUT2D eigenvalue weighted by atomic mass is 32.1. The van der Waals surface area contributed by atoms with Crippen molar-refractivity contribution in [1.82, 2.24) is 4.57 Å². The smallest absolute Gasteiger partial charge is 0.497 e. The van der Waals surface area contributed by atoms with Crippen molar-refractivity contribution in [3.05, 3.63) is 98.8 Å². The lowest BCUT2D eigenvalue weighted by Gasteiger charge is -2.14. The van der Waals surface area contributed by atoms with E-state index in [-0.39, 0.29) is 11.6 Å². The number of halogens is 3. The normalized spacial score (nSPS) is 13.0. The Hall–Kier alpha value is -4.71. The van der Waals surface area contributed by atoms with E-state index in [9.17, 15) is 13.2 Å². The first-order valence-electron chi connectivity index (χ1n) is 12.3. The molecule has 212 valence electrons. The Morgan fingerprint density at radius 1 is 0.951 bits per heavy atom. The van der Waals surface area contributed by atoms with Gasteiger partial charge in [0, 0.05) is 16.6 Å². The van der Waals surface area contributed by atoms with Crippen molar-refractivity contribution in [1.29, 1.82) is 0 Å². The van der Waals surface area contributed by atoms with Crippen molar-refractivity contribution in [2.75, 3.05) is 7.11 Å². The van der Waals surface area contributed by atoms with Crippen LogP contribution in [-0.2, 0) is 0 Å². The van der Waals surface area contributed by atoms with E-state index in [0.29, 0.717) is 11.3 Å². The highest BCUT2D eigenvalue weighted by Crippen LogP contribution is 2.26. The molecular weight excluding hydrogens is 553 g/mol. The van der Waals surface area contributed by atoms with E-state index in [4.69, 9.17) is 10.5 Å². The first-order chi connectivity index (χ1) is 19.5. The predicted molar refractivity (Wildman–Crippen MR) is 156 cm³/mol. The number of nitrogens with zero attached hydrogens (tertiary/aromatic N) is 5. The minimum absolute atomic E-state index is 0.222. The molecule has 0 amide bonds. The number of alkyl halides is 3. The third-order valence-corrected chi connectivity index (χ3v) is 6.77. The first kappa shape index (κ1) is 29.3. The van der Waals surface area contributed by atoms with E-state index in [0.717, 1.165) is 38.6 Å². The van der Waals surface area contributed by atoms with Gasteiger partial charge in [0.1, 0.15) is 23.7 Å². The summed E-state index contributed by atoms with van der Waals surface area (Å²) in [5, 5.41) is 10.8. The van der Waals surface area contributed by atoms with Gasteiger partial charge in [0.15, 0.2) is 0 Å². The topological polar surface area (TPSA) is 98.8 Å². The molecule has 0 fully saturated rings. The average Bonchev–Trinajstić information content (AvgIpc) is 3.28. The van der Waals surface area contributed by atoms with Crippen molar-refractivity contribution in [2.45, 2.75) is 27.1 Å². The standard InChI is InChI=1S/C29H27F3N6O2S/c1-18-13-25(39-4)14-19(2)26(18)38-20(3)16-41-28(38)37-36-15-21-5-7-22(8-6-21)27(33)35-17-34-23-9-11-24(12-10-23)40-29(30,31)32/h5-17H,1-4H3,(H2,33,34,35)/b36-15-,37-28+. The second kappa shape index (κ2) is 12.6. The Labute approximate surface area is 238 Å². The summed E-state index contributed by atoms with van der Waals surface area (Å²) in [7, 11) is 1.65. The molecule has 4 rings (SSSR count). The van der Waals surface area contributed by atoms with Crippen molar-refractivity contribution in [3.8, 4) is 17.2 Å². The van der Waals surface area contributed by atoms with Gasteiger partial charge in [-0.3, -0.25) is 4.57 Å². The molecule has 8 nitrogen and oxygen atoms in total. The third kappa shape index (κ3) is 7.70. The predicted octanol–water partition coefficient (Wildman–Crippen LogP) is 6.37. The van der Waals surface area contributed by atoms with Crippen LogP contribution in [0.4, 0.5) is 18.9 Å². The Bertz CT molecular complexity index is 1650. The summed E-state index contributed by atoms with van der Waals surface area (Å²) < 4.78 is 48.1. The zero-order chi connectivity index (χ0) is 29.6. The molecule has 0 atom stereocenters. The maximum Gasteiger partial charge on any atom is 0.573 e. The molecule has 41 heavy (non-hydrogen) atoms. The summed E-state index contributed by atoms with van der Waals surface area (Å²) in [6.45, 7) is 6.11. The Balaban J connectivity index is 1.45. The fourth-order valence-electron chi connectivity index (χ4n) is 3.97. The van der Waals surface area contributed by atoms with Crippen LogP contribution in [0.3, 0.4) is 0 Å². The van der Waals surface area contributed by atoms with Crippen LogP contribution in [0.2, 0.25) is 0 Å². The second-order valence-electron chi connectivity index (χ2n) is 8.87. The minimum atomic E-state index is -4.75. The van der Waals surface area contributed by atoms with Crippen molar-refractivity contribution >= 4 is 35.4 Å². The van der Waals surface area contributed by atoms with Crippen molar-refractivity contribution in [2.24, 2.45) is 25.9 Å². The molecule has 3 aromatic carbocycles. The Kier molecular flexibility index (Phi) is 9.03. The van der Waals surface area contributed by atoms with E-state index >= 15 is 0 Å². The Morgan fingerprint density at radius 3 is 2.22 bits per heavy atom. The molecule has 0 unspecified atom stereocenters. The molecule has 4 aromatic rings. The summed E-state index contributed by atoms with van der Waals surface area (Å²) in [6.07, 6.45) is -1.87. The number of rotatable bonds is 8. The van der Waals surface area contributed by atoms with Crippen LogP contribution in [-0.4, -0.2) is 36.4 Å². The van der Waals surface area contributed by atoms with Crippen molar-refractivity contribution < 1.29 is 22.6 Å². The number of thiazole rings is 1. The lowest BCUT2D eigenvalue weighted by Crippen LogP contribution is -2.16. The van der Waals surface area contributed by atoms with Crippen LogP contribution in [0.15, 0.2) is 86.2 Å². The Morgan fingerprint density at radius 2 is 1.61 bits per heavy atom. The van der Waals surface area contributed by atoms with Gasteiger partial charge in [-0.05, 0) is 73.9 Å². The fourth-order valence-corrected chi connectivity index (χ4v) is 4.79. The molecule has 0 aliphatic carbocycles. The first-order valence-corrected chi connectivity index (χ1v) is 13.1. The monoisotopic (exact) mass is 580 g/mol. The molecular formula is C29H27F3N6O2S. The summed E-state index contributed by atoms with van der Waals surface area (Å²) in [5.74, 6) is 0.700. The maximum absolute atomic E-state index is 12.3. The molecule has 0 saturated carbocycles. The van der Waals surface area contributed by atoms with E-state index in [1.165, 1.54) is 41.9 Å². The van der Waals surface area contributed by atoms with Crippen molar-refractivity contribution in [3.63, 3.8) is 0 Å². The molecule has 0 aliphatic heterocycles. The molecule has 12 heteroatoms. The van der Waals surface area contributed by atoms with Crippen LogP contribution in [0.1, 0.15) is 27.9 Å². The van der Waals surface area contributed by atoms with Gasteiger partial charge in [-0.15, -0.1) is 29.6 Å². The number of benzene rings is 3. The molecule has 2 N–H and O–H groups in total. The molecule has 0 spiro atoms. The quantitative estimate of drug-likeness (QED) is 0.149. The molecule has 0 radical (unpaired) electrons. The van der Waals surface area contributed by atoms with Gasteiger partial charge >= 0.3 is 6.36 Å². The van der Waals surface area contributed by atoms with Crippen LogP contribution in [0.25, 0.3) is 5.69 Å². The number of ether oxygens (including phenoxy) is 2. The van der Waals surface area contributed by atoms with Gasteiger partial charge in [-0.1, -0.05) is 24.3 Å². The largest absolute Gasteiger partial charge is 0.573 e. The lowest BCUT2D eigenvalue weighted by molar-refractivity contribution is -0.274. The number of hydrogen-bond donors (Lipinski definition) is 1. The fraction of sp³-hybridized carbons (Fsp3) is 0.172. The SMILES string of the molecule is COc1cc(C)c(-n2c(C)cs/c2=N/N=C\c2ccc(C(N)=NC=Nc3ccc(OC(F)(F)F)cc3)cc2)c(C)c1. The number of aliphatic imine (C=N–C) groups is 2. The molecule has 0 saturated heterocycles. The zero-order valence-electron chi connectivity index (χ0n) is 22.7. The molecule has 0 aliphatic rings. The second-order valence-corrected chi connectivity index (χ2v) is 9.71. The van der Waals surface area contributed by atoms with Gasteiger partial charge in [0.2, 0.25) is 4.80 Å². The van der Waals surface area contributed by atoms with Crippen LogP contribution in [0.5, 0.6) is 11.5 Å². The minimum Gasteiger partial charge on any atom is -0.497 e. The number of hydrogen-bond acceptors (Lipinski definition) is 6. The number of amidine groups is 1. The van der Waals surface area contributed by atoms with E-state index in [1.54, 1.807) is 25.5 Å². The average molecular weight is 581 g/mol. The molecule has 1 aromatic heterocycles. The molecule has 0 bridgehead atoms. The summed E-state index contributed by atoms with van der Waals surface area (Å²) in [4.78, 5) is 8.92. The van der Waals surface area contributed by atoms with Crippen LogP contribution >= 0.6 is 11.3 Å². The highest BCUT2D eigenvalue weighted by Gasteiger charge is 2.30. The number of methoxy groups -OCH3 is 1. The van der Waals surface area contributed by atoms with Gasteiger partial charge in [-0.2, -0.15) is 5.10 Å². The van der Waals surface area contributed by atoms with Gasteiger partial charge in [-0.25, -0.2) is 9.98 Å². The van der Waals surface area contributed by atoms with Gasteiger partial charge in [0.25, 0.3) is 0 Å². The lowest BCUT2D eigenvalue weighted by atomic mass is 10.1. The van der Waals surface area contributed by atoms with E-state index < -0.39 is 6.36 Å². The highest BCUT2D eigenvalue weighted by molar-refractivity contribution is 7.07. The molecule has 1 heterocycles. The number of nitrogens with two attached hydrogens (primary N) is 1.